The highest BCUT2D eigenvalue weighted by atomic mass is 32.1. The van der Waals surface area contributed by atoms with Crippen LogP contribution in [0.25, 0.3) is 0 Å². The lowest BCUT2D eigenvalue weighted by Crippen LogP contribution is -2.30. The highest BCUT2D eigenvalue weighted by Crippen LogP contribution is 2.34. The minimum atomic E-state index is 0.633. The molecule has 2 heteroatoms. The van der Waals surface area contributed by atoms with Crippen molar-refractivity contribution >= 4 is 11.3 Å². The molecule has 0 amide bonds. The highest BCUT2D eigenvalue weighted by molar-refractivity contribution is 7.09. The van der Waals surface area contributed by atoms with Gasteiger partial charge in [-0.15, -0.1) is 11.3 Å². The Morgan fingerprint density at radius 3 is 2.88 bits per heavy atom. The monoisotopic (exact) mass is 251 g/mol. The van der Waals surface area contributed by atoms with Gasteiger partial charge in [0.2, 0.25) is 0 Å². The van der Waals surface area contributed by atoms with Gasteiger partial charge in [0.05, 0.1) is 0 Å². The van der Waals surface area contributed by atoms with Crippen molar-refractivity contribution in [2.75, 3.05) is 6.54 Å². The van der Waals surface area contributed by atoms with E-state index in [4.69, 9.17) is 0 Å². The van der Waals surface area contributed by atoms with E-state index in [0.29, 0.717) is 6.04 Å². The number of thiophene rings is 1. The fraction of sp³-hybridized carbons (Fsp3) is 0.733. The van der Waals surface area contributed by atoms with Crippen LogP contribution in [0.2, 0.25) is 0 Å². The molecule has 1 aromatic heterocycles. The van der Waals surface area contributed by atoms with Crippen molar-refractivity contribution in [3.63, 3.8) is 0 Å². The molecular formula is C15H25NS. The zero-order chi connectivity index (χ0) is 12.1. The minimum Gasteiger partial charge on any atom is -0.314 e. The van der Waals surface area contributed by atoms with E-state index in [0.717, 1.165) is 11.8 Å². The van der Waals surface area contributed by atoms with E-state index in [1.54, 1.807) is 4.88 Å². The first-order valence-corrected chi connectivity index (χ1v) is 7.89. The summed E-state index contributed by atoms with van der Waals surface area (Å²) in [5, 5.41) is 5.81. The molecule has 1 aromatic rings. The summed E-state index contributed by atoms with van der Waals surface area (Å²) >= 11 is 1.91. The molecule has 0 aromatic carbocycles. The van der Waals surface area contributed by atoms with Crippen LogP contribution in [-0.4, -0.2) is 12.6 Å². The zero-order valence-electron chi connectivity index (χ0n) is 11.1. The van der Waals surface area contributed by atoms with Crippen molar-refractivity contribution in [3.8, 4) is 0 Å². The van der Waals surface area contributed by atoms with E-state index >= 15 is 0 Å². The standard InChI is InChI=1S/C15H25NS/c1-12(2)16-11-14-6-3-5-13(14)8-9-15-7-4-10-17-15/h4,7,10,12-14,16H,3,5-6,8-9,11H2,1-2H3. The quantitative estimate of drug-likeness (QED) is 0.803. The third-order valence-corrected chi connectivity index (χ3v) is 4.88. The van der Waals surface area contributed by atoms with Crippen molar-refractivity contribution in [2.45, 2.75) is 52.0 Å². The third kappa shape index (κ3) is 4.11. The summed E-state index contributed by atoms with van der Waals surface area (Å²) in [5.74, 6) is 1.89. The molecule has 1 aliphatic rings. The molecule has 0 saturated heterocycles. The van der Waals surface area contributed by atoms with Crippen LogP contribution in [0.1, 0.15) is 44.4 Å². The van der Waals surface area contributed by atoms with Gasteiger partial charge in [-0.1, -0.05) is 32.8 Å². The van der Waals surface area contributed by atoms with Crippen molar-refractivity contribution in [3.05, 3.63) is 22.4 Å². The second-order valence-electron chi connectivity index (χ2n) is 5.63. The molecule has 0 spiro atoms. The van der Waals surface area contributed by atoms with Gasteiger partial charge in [0.25, 0.3) is 0 Å². The van der Waals surface area contributed by atoms with Gasteiger partial charge in [-0.2, -0.15) is 0 Å². The first-order valence-electron chi connectivity index (χ1n) is 7.01. The lowest BCUT2D eigenvalue weighted by Gasteiger charge is -2.21. The number of aryl methyl sites for hydroxylation is 1. The van der Waals surface area contributed by atoms with Crippen molar-refractivity contribution in [2.24, 2.45) is 11.8 Å². The Hall–Kier alpha value is -0.340. The fourth-order valence-corrected chi connectivity index (χ4v) is 3.66. The average molecular weight is 251 g/mol. The molecule has 1 aliphatic carbocycles. The Bertz CT molecular complexity index is 305. The molecule has 2 unspecified atom stereocenters. The predicted octanol–water partition coefficient (Wildman–Crippen LogP) is 4.10. The molecule has 2 atom stereocenters. The van der Waals surface area contributed by atoms with Crippen LogP contribution in [0, 0.1) is 11.8 Å². The Morgan fingerprint density at radius 2 is 2.18 bits per heavy atom. The maximum atomic E-state index is 3.61. The van der Waals surface area contributed by atoms with Crippen LogP contribution in [-0.2, 0) is 6.42 Å². The number of nitrogens with one attached hydrogen (secondary N) is 1. The molecule has 96 valence electrons. The van der Waals surface area contributed by atoms with Gasteiger partial charge < -0.3 is 5.32 Å². The average Bonchev–Trinajstić information content (AvgIpc) is 2.95. The van der Waals surface area contributed by atoms with Crippen LogP contribution >= 0.6 is 11.3 Å². The second kappa shape index (κ2) is 6.55. The van der Waals surface area contributed by atoms with Gasteiger partial charge >= 0.3 is 0 Å². The van der Waals surface area contributed by atoms with Crippen molar-refractivity contribution < 1.29 is 0 Å². The summed E-state index contributed by atoms with van der Waals surface area (Å²) in [6, 6.07) is 5.08. The summed E-state index contributed by atoms with van der Waals surface area (Å²) in [6.07, 6.45) is 7.02. The minimum absolute atomic E-state index is 0.633. The van der Waals surface area contributed by atoms with Gasteiger partial charge in [-0.25, -0.2) is 0 Å². The molecule has 17 heavy (non-hydrogen) atoms. The van der Waals surface area contributed by atoms with E-state index in [2.05, 4.69) is 36.7 Å². The van der Waals surface area contributed by atoms with E-state index < -0.39 is 0 Å². The van der Waals surface area contributed by atoms with Gasteiger partial charge in [0.15, 0.2) is 0 Å². The van der Waals surface area contributed by atoms with Crippen LogP contribution in [0.15, 0.2) is 17.5 Å². The predicted molar refractivity (Wildman–Crippen MR) is 76.6 cm³/mol. The summed E-state index contributed by atoms with van der Waals surface area (Å²) < 4.78 is 0. The first-order chi connectivity index (χ1) is 8.25. The SMILES string of the molecule is CC(C)NCC1CCCC1CCc1cccs1. The van der Waals surface area contributed by atoms with E-state index in [1.165, 1.54) is 38.6 Å². The number of rotatable bonds is 6. The summed E-state index contributed by atoms with van der Waals surface area (Å²) in [6.45, 7) is 5.72. The molecule has 1 heterocycles. The molecular weight excluding hydrogens is 226 g/mol. The Morgan fingerprint density at radius 1 is 1.35 bits per heavy atom. The smallest absolute Gasteiger partial charge is 0.00453 e. The second-order valence-corrected chi connectivity index (χ2v) is 6.66. The molecule has 1 fully saturated rings. The fourth-order valence-electron chi connectivity index (χ4n) is 2.93. The molecule has 1 nitrogen and oxygen atoms in total. The van der Waals surface area contributed by atoms with Crippen LogP contribution < -0.4 is 5.32 Å². The van der Waals surface area contributed by atoms with Crippen molar-refractivity contribution in [1.29, 1.82) is 0 Å². The van der Waals surface area contributed by atoms with Crippen LogP contribution in [0.5, 0.6) is 0 Å². The van der Waals surface area contributed by atoms with E-state index in [1.807, 2.05) is 11.3 Å². The number of hydrogen-bond donors (Lipinski definition) is 1. The van der Waals surface area contributed by atoms with E-state index in [-0.39, 0.29) is 0 Å². The maximum absolute atomic E-state index is 3.61. The molecule has 0 bridgehead atoms. The molecule has 2 rings (SSSR count). The molecule has 1 N–H and O–H groups in total. The maximum Gasteiger partial charge on any atom is 0.00453 e. The Labute approximate surface area is 110 Å². The molecule has 1 saturated carbocycles. The highest BCUT2D eigenvalue weighted by Gasteiger charge is 2.26. The van der Waals surface area contributed by atoms with E-state index in [9.17, 15) is 0 Å². The van der Waals surface area contributed by atoms with Crippen LogP contribution in [0.4, 0.5) is 0 Å². The number of hydrogen-bond acceptors (Lipinski definition) is 2. The molecule has 0 radical (unpaired) electrons. The zero-order valence-corrected chi connectivity index (χ0v) is 11.9. The normalized spacial score (nSPS) is 24.6. The van der Waals surface area contributed by atoms with Gasteiger partial charge in [-0.3, -0.25) is 0 Å². The largest absolute Gasteiger partial charge is 0.314 e. The van der Waals surface area contributed by atoms with Gasteiger partial charge in [-0.05, 0) is 49.1 Å². The summed E-state index contributed by atoms with van der Waals surface area (Å²) in [5.41, 5.74) is 0. The Kier molecular flexibility index (Phi) is 5.05. The molecule has 0 aliphatic heterocycles. The summed E-state index contributed by atoms with van der Waals surface area (Å²) in [4.78, 5) is 1.56. The summed E-state index contributed by atoms with van der Waals surface area (Å²) in [7, 11) is 0. The third-order valence-electron chi connectivity index (χ3n) is 3.95. The topological polar surface area (TPSA) is 12.0 Å². The van der Waals surface area contributed by atoms with Crippen molar-refractivity contribution in [1.82, 2.24) is 5.32 Å². The van der Waals surface area contributed by atoms with Gasteiger partial charge in [0, 0.05) is 10.9 Å². The van der Waals surface area contributed by atoms with Gasteiger partial charge in [0.1, 0.15) is 0 Å². The Balaban J connectivity index is 1.75. The lowest BCUT2D eigenvalue weighted by molar-refractivity contribution is 0.339. The lowest BCUT2D eigenvalue weighted by atomic mass is 9.91. The van der Waals surface area contributed by atoms with Crippen LogP contribution in [0.3, 0.4) is 0 Å². The first kappa shape index (κ1) is 13.1.